The predicted octanol–water partition coefficient (Wildman–Crippen LogP) is 0.560. The highest BCUT2D eigenvalue weighted by atomic mass is 32.2. The van der Waals surface area contributed by atoms with Crippen LogP contribution in [0.15, 0.2) is 0 Å². The molecule has 0 radical (unpaired) electrons. The second-order valence-corrected chi connectivity index (χ2v) is 7.21. The lowest BCUT2D eigenvalue weighted by Crippen LogP contribution is -2.42. The predicted molar refractivity (Wildman–Crippen MR) is 62.7 cm³/mol. The minimum absolute atomic E-state index is 0.293. The summed E-state index contributed by atoms with van der Waals surface area (Å²) in [5.41, 5.74) is 0. The van der Waals surface area contributed by atoms with E-state index >= 15 is 0 Å². The van der Waals surface area contributed by atoms with Gasteiger partial charge in [0.2, 0.25) is 0 Å². The highest BCUT2D eigenvalue weighted by Gasteiger charge is 2.29. The van der Waals surface area contributed by atoms with Crippen LogP contribution in [-0.2, 0) is 9.84 Å². The first-order valence-electron chi connectivity index (χ1n) is 5.29. The van der Waals surface area contributed by atoms with Crippen LogP contribution in [0.4, 0.5) is 0 Å². The summed E-state index contributed by atoms with van der Waals surface area (Å²) < 4.78 is 21.9. The van der Waals surface area contributed by atoms with Crippen LogP contribution < -0.4 is 5.32 Å². The minimum Gasteiger partial charge on any atom is -0.393 e. The van der Waals surface area contributed by atoms with Crippen molar-refractivity contribution in [3.05, 3.63) is 0 Å². The van der Waals surface area contributed by atoms with Crippen LogP contribution in [0.1, 0.15) is 33.6 Å². The highest BCUT2D eigenvalue weighted by molar-refractivity contribution is 7.92. The summed E-state index contributed by atoms with van der Waals surface area (Å²) in [6.45, 7) is 6.39. The number of rotatable bonds is 7. The number of aliphatic hydroxyl groups is 1. The molecule has 1 atom stereocenters. The van der Waals surface area contributed by atoms with E-state index in [2.05, 4.69) is 5.32 Å². The monoisotopic (exact) mass is 237 g/mol. The maximum Gasteiger partial charge on any atom is 0.153 e. The quantitative estimate of drug-likeness (QED) is 0.635. The molecular weight excluding hydrogens is 214 g/mol. The first-order chi connectivity index (χ1) is 6.70. The van der Waals surface area contributed by atoms with Crippen molar-refractivity contribution in [2.45, 2.75) is 44.5 Å². The Kier molecular flexibility index (Phi) is 5.77. The zero-order chi connectivity index (χ0) is 12.1. The van der Waals surface area contributed by atoms with Gasteiger partial charge in [0.15, 0.2) is 9.84 Å². The van der Waals surface area contributed by atoms with Crippen LogP contribution in [0.3, 0.4) is 0 Å². The summed E-state index contributed by atoms with van der Waals surface area (Å²) in [4.78, 5) is 0. The Hall–Kier alpha value is -0.130. The molecule has 0 aromatic heterocycles. The minimum atomic E-state index is -3.03. The van der Waals surface area contributed by atoms with Gasteiger partial charge >= 0.3 is 0 Å². The van der Waals surface area contributed by atoms with Gasteiger partial charge in [-0.05, 0) is 33.2 Å². The molecule has 0 aliphatic rings. The van der Waals surface area contributed by atoms with Crippen LogP contribution in [-0.4, -0.2) is 43.7 Å². The molecule has 0 saturated carbocycles. The third-order valence-electron chi connectivity index (χ3n) is 2.68. The standard InChI is InChI=1S/C10H23NO3S/c1-5-9(12)6-7-11-8-10(2,3)15(4,13)14/h9,11-12H,5-8H2,1-4H3. The summed E-state index contributed by atoms with van der Waals surface area (Å²) in [5.74, 6) is 0. The summed E-state index contributed by atoms with van der Waals surface area (Å²) in [5, 5.41) is 12.3. The van der Waals surface area contributed by atoms with Crippen LogP contribution in [0, 0.1) is 0 Å². The molecule has 0 aliphatic heterocycles. The van der Waals surface area contributed by atoms with Crippen molar-refractivity contribution >= 4 is 9.84 Å². The largest absolute Gasteiger partial charge is 0.393 e. The first kappa shape index (κ1) is 14.9. The third-order valence-corrected chi connectivity index (χ3v) is 4.83. The van der Waals surface area contributed by atoms with Gasteiger partial charge in [0.05, 0.1) is 10.9 Å². The molecule has 0 fully saturated rings. The molecule has 0 aromatic rings. The van der Waals surface area contributed by atoms with E-state index in [1.54, 1.807) is 13.8 Å². The van der Waals surface area contributed by atoms with Crippen molar-refractivity contribution in [3.63, 3.8) is 0 Å². The second kappa shape index (κ2) is 5.82. The summed E-state index contributed by atoms with van der Waals surface area (Å²) in [6.07, 6.45) is 2.35. The summed E-state index contributed by atoms with van der Waals surface area (Å²) in [7, 11) is -3.03. The van der Waals surface area contributed by atoms with Gasteiger partial charge in [0, 0.05) is 12.8 Å². The zero-order valence-corrected chi connectivity index (χ0v) is 10.9. The smallest absolute Gasteiger partial charge is 0.153 e. The van der Waals surface area contributed by atoms with Crippen LogP contribution in [0.25, 0.3) is 0 Å². The van der Waals surface area contributed by atoms with E-state index in [-0.39, 0.29) is 6.10 Å². The molecule has 5 heteroatoms. The fraction of sp³-hybridized carbons (Fsp3) is 1.00. The Morgan fingerprint density at radius 3 is 2.33 bits per heavy atom. The molecule has 92 valence electrons. The summed E-state index contributed by atoms with van der Waals surface area (Å²) in [6, 6.07) is 0. The van der Waals surface area contributed by atoms with Crippen molar-refractivity contribution in [2.24, 2.45) is 0 Å². The van der Waals surface area contributed by atoms with E-state index < -0.39 is 14.6 Å². The van der Waals surface area contributed by atoms with Gasteiger partial charge in [0.25, 0.3) is 0 Å². The Bertz CT molecular complexity index is 272. The number of sulfone groups is 1. The maximum absolute atomic E-state index is 11.3. The fourth-order valence-corrected chi connectivity index (χ4v) is 1.36. The first-order valence-corrected chi connectivity index (χ1v) is 7.18. The average Bonchev–Trinajstić information content (AvgIpc) is 2.10. The van der Waals surface area contributed by atoms with Crippen molar-refractivity contribution in [3.8, 4) is 0 Å². The van der Waals surface area contributed by atoms with Crippen molar-refractivity contribution in [1.82, 2.24) is 5.32 Å². The third kappa shape index (κ3) is 5.49. The average molecular weight is 237 g/mol. The Labute approximate surface area is 93.0 Å². The SMILES string of the molecule is CCC(O)CCNCC(C)(C)S(C)(=O)=O. The molecule has 4 nitrogen and oxygen atoms in total. The molecule has 0 aromatic carbocycles. The van der Waals surface area contributed by atoms with Crippen LogP contribution >= 0.6 is 0 Å². The molecule has 15 heavy (non-hydrogen) atoms. The number of hydrogen-bond acceptors (Lipinski definition) is 4. The molecule has 0 saturated heterocycles. The van der Waals surface area contributed by atoms with Gasteiger partial charge in [-0.15, -0.1) is 0 Å². The molecular formula is C10H23NO3S. The second-order valence-electron chi connectivity index (χ2n) is 4.56. The molecule has 0 aliphatic carbocycles. The molecule has 0 spiro atoms. The van der Waals surface area contributed by atoms with Crippen molar-refractivity contribution in [1.29, 1.82) is 0 Å². The lowest BCUT2D eigenvalue weighted by Gasteiger charge is -2.23. The van der Waals surface area contributed by atoms with E-state index in [9.17, 15) is 13.5 Å². The topological polar surface area (TPSA) is 66.4 Å². The highest BCUT2D eigenvalue weighted by Crippen LogP contribution is 2.13. The van der Waals surface area contributed by atoms with Gasteiger partial charge < -0.3 is 10.4 Å². The van der Waals surface area contributed by atoms with E-state index in [1.165, 1.54) is 6.26 Å². The molecule has 0 heterocycles. The summed E-state index contributed by atoms with van der Waals surface area (Å²) >= 11 is 0. The van der Waals surface area contributed by atoms with Gasteiger partial charge in [-0.3, -0.25) is 0 Å². The maximum atomic E-state index is 11.3. The Morgan fingerprint density at radius 1 is 1.40 bits per heavy atom. The lowest BCUT2D eigenvalue weighted by atomic mass is 10.2. The number of hydrogen-bond donors (Lipinski definition) is 2. The Balaban J connectivity index is 3.87. The van der Waals surface area contributed by atoms with E-state index in [4.69, 9.17) is 0 Å². The lowest BCUT2D eigenvalue weighted by molar-refractivity contribution is 0.159. The zero-order valence-electron chi connectivity index (χ0n) is 10.1. The van der Waals surface area contributed by atoms with Crippen molar-refractivity contribution < 1.29 is 13.5 Å². The Morgan fingerprint density at radius 2 is 1.93 bits per heavy atom. The fourth-order valence-electron chi connectivity index (χ4n) is 0.993. The van der Waals surface area contributed by atoms with Crippen LogP contribution in [0.2, 0.25) is 0 Å². The van der Waals surface area contributed by atoms with E-state index in [0.29, 0.717) is 19.5 Å². The van der Waals surface area contributed by atoms with E-state index in [1.807, 2.05) is 6.92 Å². The normalized spacial score (nSPS) is 15.3. The molecule has 2 N–H and O–H groups in total. The molecule has 0 bridgehead atoms. The van der Waals surface area contributed by atoms with Gasteiger partial charge in [-0.25, -0.2) is 8.42 Å². The van der Waals surface area contributed by atoms with Crippen molar-refractivity contribution in [2.75, 3.05) is 19.3 Å². The number of nitrogens with one attached hydrogen (secondary N) is 1. The van der Waals surface area contributed by atoms with Gasteiger partial charge in [0.1, 0.15) is 0 Å². The molecule has 1 unspecified atom stereocenters. The van der Waals surface area contributed by atoms with Gasteiger partial charge in [-0.1, -0.05) is 6.92 Å². The van der Waals surface area contributed by atoms with Crippen LogP contribution in [0.5, 0.6) is 0 Å². The van der Waals surface area contributed by atoms with Gasteiger partial charge in [-0.2, -0.15) is 0 Å². The molecule has 0 rings (SSSR count). The molecule has 0 amide bonds. The number of aliphatic hydroxyl groups excluding tert-OH is 1. The van der Waals surface area contributed by atoms with E-state index in [0.717, 1.165) is 6.42 Å².